The van der Waals surface area contributed by atoms with E-state index in [1.54, 1.807) is 20.8 Å². The second-order valence-corrected chi connectivity index (χ2v) is 10.3. The van der Waals surface area contributed by atoms with Crippen molar-refractivity contribution in [2.24, 2.45) is 11.7 Å². The number of carbonyl (C=O) groups excluding carboxylic acids is 4. The SMILES string of the molecule is Cc1ccccc1C(C(=O)NC(C)C)N(C(=O)C(CC(N)=O)NC(=O)OC(C)(C)C)C1CC1C. The average molecular weight is 475 g/mol. The molecule has 1 aromatic rings. The minimum Gasteiger partial charge on any atom is -0.444 e. The average Bonchev–Trinajstić information content (AvgIpc) is 3.39. The Morgan fingerprint density at radius 3 is 2.21 bits per heavy atom. The number of hydrogen-bond acceptors (Lipinski definition) is 5. The first-order valence-corrected chi connectivity index (χ1v) is 11.7. The lowest BCUT2D eigenvalue weighted by molar-refractivity contribution is -0.144. The second kappa shape index (κ2) is 10.9. The molecule has 4 amide bonds. The van der Waals surface area contributed by atoms with Crippen molar-refractivity contribution >= 4 is 23.8 Å². The van der Waals surface area contributed by atoms with Crippen molar-refractivity contribution in [1.82, 2.24) is 15.5 Å². The van der Waals surface area contributed by atoms with Gasteiger partial charge in [0, 0.05) is 12.1 Å². The highest BCUT2D eigenvalue weighted by Gasteiger charge is 2.48. The molecule has 0 aliphatic heterocycles. The van der Waals surface area contributed by atoms with E-state index in [9.17, 15) is 19.2 Å². The van der Waals surface area contributed by atoms with E-state index in [2.05, 4.69) is 10.6 Å². The fourth-order valence-electron chi connectivity index (χ4n) is 3.88. The lowest BCUT2D eigenvalue weighted by atomic mass is 9.97. The van der Waals surface area contributed by atoms with Gasteiger partial charge in [-0.1, -0.05) is 31.2 Å². The molecule has 9 heteroatoms. The third kappa shape index (κ3) is 7.46. The Hall–Kier alpha value is -3.10. The van der Waals surface area contributed by atoms with Crippen molar-refractivity contribution in [3.8, 4) is 0 Å². The maximum Gasteiger partial charge on any atom is 0.408 e. The number of rotatable bonds is 9. The van der Waals surface area contributed by atoms with Crippen molar-refractivity contribution in [2.75, 3.05) is 0 Å². The molecule has 4 N–H and O–H groups in total. The number of amides is 4. The minimum absolute atomic E-state index is 0.145. The quantitative estimate of drug-likeness (QED) is 0.506. The molecule has 0 bridgehead atoms. The fraction of sp³-hybridized carbons (Fsp3) is 0.600. The van der Waals surface area contributed by atoms with Crippen molar-refractivity contribution in [3.05, 3.63) is 35.4 Å². The van der Waals surface area contributed by atoms with Crippen molar-refractivity contribution < 1.29 is 23.9 Å². The topological polar surface area (TPSA) is 131 Å². The third-order valence-electron chi connectivity index (χ3n) is 5.51. The lowest BCUT2D eigenvalue weighted by Gasteiger charge is -2.35. The normalized spacial score (nSPS) is 19.1. The van der Waals surface area contributed by atoms with E-state index in [0.29, 0.717) is 12.0 Å². The summed E-state index contributed by atoms with van der Waals surface area (Å²) in [6, 6.07) is 4.82. The predicted octanol–water partition coefficient (Wildman–Crippen LogP) is 2.57. The summed E-state index contributed by atoms with van der Waals surface area (Å²) < 4.78 is 5.29. The first kappa shape index (κ1) is 27.1. The third-order valence-corrected chi connectivity index (χ3v) is 5.51. The molecule has 34 heavy (non-hydrogen) atoms. The summed E-state index contributed by atoms with van der Waals surface area (Å²) in [5, 5.41) is 5.41. The molecule has 1 saturated carbocycles. The molecule has 4 unspecified atom stereocenters. The fourth-order valence-corrected chi connectivity index (χ4v) is 3.88. The molecule has 9 nitrogen and oxygen atoms in total. The summed E-state index contributed by atoms with van der Waals surface area (Å²) in [7, 11) is 0. The van der Waals surface area contributed by atoms with Gasteiger partial charge in [0.2, 0.25) is 17.7 Å². The predicted molar refractivity (Wildman–Crippen MR) is 129 cm³/mol. The van der Waals surface area contributed by atoms with Crippen LogP contribution in [0.25, 0.3) is 0 Å². The smallest absolute Gasteiger partial charge is 0.408 e. The first-order chi connectivity index (χ1) is 15.7. The number of benzene rings is 1. The standard InChI is InChI=1S/C25H38N4O5/c1-14(2)27-22(31)21(17-11-9-8-10-15(17)3)29(19-12-16(19)4)23(32)18(13-20(26)30)28-24(33)34-25(5,6)7/h8-11,14,16,18-19,21H,12-13H2,1-7H3,(H2,26,30)(H,27,31)(H,28,33). The Balaban J connectivity index is 2.50. The van der Waals surface area contributed by atoms with Crippen LogP contribution in [0.3, 0.4) is 0 Å². The number of primary amides is 1. The Kier molecular flexibility index (Phi) is 8.69. The van der Waals surface area contributed by atoms with Gasteiger partial charge in [0.1, 0.15) is 17.7 Å². The molecule has 2 rings (SSSR count). The molecule has 0 saturated heterocycles. The summed E-state index contributed by atoms with van der Waals surface area (Å²) in [5.74, 6) is -1.46. The molecule has 0 spiro atoms. The maximum absolute atomic E-state index is 13.9. The van der Waals surface area contributed by atoms with Crippen molar-refractivity contribution in [3.63, 3.8) is 0 Å². The van der Waals surface area contributed by atoms with Crippen LogP contribution in [0.1, 0.15) is 71.6 Å². The maximum atomic E-state index is 13.9. The van der Waals surface area contributed by atoms with Crippen molar-refractivity contribution in [2.45, 2.75) is 91.1 Å². The van der Waals surface area contributed by atoms with Gasteiger partial charge in [-0.2, -0.15) is 0 Å². The van der Waals surface area contributed by atoms with Crippen LogP contribution in [-0.4, -0.2) is 52.4 Å². The van der Waals surface area contributed by atoms with Gasteiger partial charge in [-0.15, -0.1) is 0 Å². The van der Waals surface area contributed by atoms with Gasteiger partial charge in [0.25, 0.3) is 0 Å². The number of aryl methyl sites for hydroxylation is 1. The molecule has 188 valence electrons. The van der Waals surface area contributed by atoms with Gasteiger partial charge in [-0.25, -0.2) is 4.79 Å². The largest absolute Gasteiger partial charge is 0.444 e. The molecular weight excluding hydrogens is 436 g/mol. The Morgan fingerprint density at radius 1 is 1.15 bits per heavy atom. The van der Waals surface area contributed by atoms with Crippen LogP contribution in [0.2, 0.25) is 0 Å². The van der Waals surface area contributed by atoms with E-state index >= 15 is 0 Å². The van der Waals surface area contributed by atoms with Gasteiger partial charge >= 0.3 is 6.09 Å². The summed E-state index contributed by atoms with van der Waals surface area (Å²) in [4.78, 5) is 53.1. The van der Waals surface area contributed by atoms with E-state index in [-0.39, 0.29) is 23.9 Å². The summed E-state index contributed by atoms with van der Waals surface area (Å²) in [5.41, 5.74) is 6.15. The van der Waals surface area contributed by atoms with Crippen LogP contribution in [0.4, 0.5) is 4.79 Å². The van der Waals surface area contributed by atoms with E-state index in [4.69, 9.17) is 10.5 Å². The Labute approximate surface area is 201 Å². The number of nitrogens with two attached hydrogens (primary N) is 1. The van der Waals surface area contributed by atoms with Crippen LogP contribution < -0.4 is 16.4 Å². The van der Waals surface area contributed by atoms with Gasteiger partial charge in [0.15, 0.2) is 0 Å². The number of nitrogens with one attached hydrogen (secondary N) is 2. The van der Waals surface area contributed by atoms with Gasteiger partial charge in [-0.05, 0) is 65.0 Å². The minimum atomic E-state index is -1.27. The Bertz CT molecular complexity index is 924. The van der Waals surface area contributed by atoms with E-state index in [1.807, 2.05) is 52.0 Å². The van der Waals surface area contributed by atoms with Crippen molar-refractivity contribution in [1.29, 1.82) is 0 Å². The van der Waals surface area contributed by atoms with Gasteiger partial charge in [0.05, 0.1) is 6.42 Å². The van der Waals surface area contributed by atoms with Crippen LogP contribution in [0.15, 0.2) is 24.3 Å². The number of hydrogen-bond donors (Lipinski definition) is 3. The summed E-state index contributed by atoms with van der Waals surface area (Å²) in [6.07, 6.45) is -0.546. The van der Waals surface area contributed by atoms with Gasteiger partial charge in [-0.3, -0.25) is 14.4 Å². The zero-order valence-electron chi connectivity index (χ0n) is 21.2. The van der Waals surface area contributed by atoms with Crippen LogP contribution >= 0.6 is 0 Å². The first-order valence-electron chi connectivity index (χ1n) is 11.7. The highest BCUT2D eigenvalue weighted by molar-refractivity contribution is 5.95. The van der Waals surface area contributed by atoms with Crippen LogP contribution in [0, 0.1) is 12.8 Å². The summed E-state index contributed by atoms with van der Waals surface area (Å²) >= 11 is 0. The highest BCUT2D eigenvalue weighted by atomic mass is 16.6. The molecule has 1 aliphatic carbocycles. The number of nitrogens with zero attached hydrogens (tertiary/aromatic N) is 1. The second-order valence-electron chi connectivity index (χ2n) is 10.3. The molecule has 0 heterocycles. The zero-order valence-corrected chi connectivity index (χ0v) is 21.2. The molecule has 0 aromatic heterocycles. The molecule has 1 aromatic carbocycles. The van der Waals surface area contributed by atoms with E-state index < -0.39 is 42.0 Å². The highest BCUT2D eigenvalue weighted by Crippen LogP contribution is 2.41. The van der Waals surface area contributed by atoms with E-state index in [1.165, 1.54) is 4.90 Å². The Morgan fingerprint density at radius 2 is 1.74 bits per heavy atom. The van der Waals surface area contributed by atoms with Gasteiger partial charge < -0.3 is 26.0 Å². The number of carbonyl (C=O) groups is 4. The number of ether oxygens (including phenoxy) is 1. The molecule has 1 fully saturated rings. The molecule has 4 atom stereocenters. The lowest BCUT2D eigenvalue weighted by Crippen LogP contribution is -2.55. The molecule has 1 aliphatic rings. The molecular formula is C25H38N4O5. The van der Waals surface area contributed by atoms with Crippen LogP contribution in [-0.2, 0) is 19.1 Å². The summed E-state index contributed by atoms with van der Waals surface area (Å²) in [6.45, 7) is 12.6. The van der Waals surface area contributed by atoms with Crippen LogP contribution in [0.5, 0.6) is 0 Å². The number of alkyl carbamates (subject to hydrolysis) is 1. The molecule has 0 radical (unpaired) electrons. The zero-order chi connectivity index (χ0) is 25.8. The monoisotopic (exact) mass is 474 g/mol. The van der Waals surface area contributed by atoms with E-state index in [0.717, 1.165) is 5.56 Å².